The summed E-state index contributed by atoms with van der Waals surface area (Å²) in [6.45, 7) is 3.93. The molecule has 0 aliphatic carbocycles. The minimum Gasteiger partial charge on any atom is -0.496 e. The number of nitrogens with zero attached hydrogens (tertiary/aromatic N) is 1. The summed E-state index contributed by atoms with van der Waals surface area (Å²) < 4.78 is 4.62. The van der Waals surface area contributed by atoms with E-state index >= 15 is 0 Å². The highest BCUT2D eigenvalue weighted by atomic mass is 16.5. The number of rotatable bonds is 9. The summed E-state index contributed by atoms with van der Waals surface area (Å²) in [5.41, 5.74) is 0.258. The molecule has 1 heterocycles. The van der Waals surface area contributed by atoms with Gasteiger partial charge in [-0.15, -0.1) is 0 Å². The third-order valence-electron chi connectivity index (χ3n) is 5.58. The second-order valence-electron chi connectivity index (χ2n) is 8.15. The number of carboxylic acids is 1. The lowest BCUT2D eigenvalue weighted by molar-refractivity contribution is -0.761. The minimum absolute atomic E-state index is 0.205. The molecule has 1 saturated heterocycles. The Hall–Kier alpha value is -3.27. The van der Waals surface area contributed by atoms with Crippen LogP contribution in [0.15, 0.2) is 24.3 Å². The molecule has 3 N–H and O–H groups in total. The highest BCUT2D eigenvalue weighted by Crippen LogP contribution is 2.25. The monoisotopic (exact) mass is 448 g/mol. The van der Waals surface area contributed by atoms with Gasteiger partial charge in [0.1, 0.15) is 24.1 Å². The summed E-state index contributed by atoms with van der Waals surface area (Å²) in [6, 6.07) is 3.63. The third kappa shape index (κ3) is 5.50. The molecule has 1 fully saturated rings. The summed E-state index contributed by atoms with van der Waals surface area (Å²) in [5.74, 6) is -2.23. The molecule has 1 aliphatic rings. The number of imide groups is 1. The number of likely N-dealkylation sites (tertiary alicyclic amines) is 1. The van der Waals surface area contributed by atoms with Crippen molar-refractivity contribution in [1.29, 1.82) is 0 Å². The number of nitrogens with one attached hydrogen (secondary N) is 2. The molecule has 4 amide bonds. The zero-order valence-electron chi connectivity index (χ0n) is 18.5. The maximum atomic E-state index is 13.6. The third-order valence-corrected chi connectivity index (χ3v) is 5.58. The average molecular weight is 448 g/mol. The number of quaternary nitrogens is 1. The van der Waals surface area contributed by atoms with Gasteiger partial charge in [0.25, 0.3) is 5.91 Å². The van der Waals surface area contributed by atoms with Crippen LogP contribution < -0.4 is 15.4 Å². The number of methoxy groups -OCH3 is 1. The van der Waals surface area contributed by atoms with Gasteiger partial charge in [-0.2, -0.15) is 4.48 Å². The zero-order valence-corrected chi connectivity index (χ0v) is 18.5. The van der Waals surface area contributed by atoms with E-state index in [1.165, 1.54) is 7.11 Å². The molecule has 0 bridgehead atoms. The molecule has 1 aromatic rings. The maximum Gasteiger partial charge on any atom is 0.424 e. The average Bonchev–Trinajstić information content (AvgIpc) is 3.27. The second kappa shape index (κ2) is 10.9. The molecule has 2 rings (SSSR count). The Balaban J connectivity index is 2.30. The van der Waals surface area contributed by atoms with Gasteiger partial charge in [0.2, 0.25) is 0 Å². The Bertz CT molecular complexity index is 878. The SMILES string of the molecule is COc1ccccc1C(=O)N[C@H](C(=O)[N+]1(C(=O)N[C@H](C=O)CC(=O)O)CCCC1)C(C)C. The topological polar surface area (TPSA) is 139 Å². The summed E-state index contributed by atoms with van der Waals surface area (Å²) >= 11 is 0. The van der Waals surface area contributed by atoms with Crippen molar-refractivity contribution in [2.45, 2.75) is 45.2 Å². The molecule has 1 aliphatic heterocycles. The predicted molar refractivity (Wildman–Crippen MR) is 114 cm³/mol. The fourth-order valence-electron chi connectivity index (χ4n) is 3.83. The molecule has 0 spiro atoms. The minimum atomic E-state index is -1.25. The molecule has 10 nitrogen and oxygen atoms in total. The molecular formula is C22H30N3O7+. The van der Waals surface area contributed by atoms with E-state index in [1.807, 2.05) is 0 Å². The predicted octanol–water partition coefficient (Wildman–Crippen LogP) is 1.34. The molecule has 0 saturated carbocycles. The number of amides is 4. The highest BCUT2D eigenvalue weighted by molar-refractivity contribution is 6.00. The number of ether oxygens (including phenoxy) is 1. The van der Waals surface area contributed by atoms with Crippen LogP contribution in [-0.4, -0.2) is 72.0 Å². The summed E-state index contributed by atoms with van der Waals surface area (Å²) in [4.78, 5) is 61.8. The van der Waals surface area contributed by atoms with E-state index in [0.29, 0.717) is 24.9 Å². The summed E-state index contributed by atoms with van der Waals surface area (Å²) in [7, 11) is 1.44. The van der Waals surface area contributed by atoms with Crippen LogP contribution in [0.25, 0.3) is 0 Å². The van der Waals surface area contributed by atoms with Crippen LogP contribution in [0.4, 0.5) is 4.79 Å². The van der Waals surface area contributed by atoms with Crippen molar-refractivity contribution in [2.24, 2.45) is 5.92 Å². The van der Waals surface area contributed by atoms with E-state index in [1.54, 1.807) is 38.1 Å². The molecule has 0 aromatic heterocycles. The molecule has 32 heavy (non-hydrogen) atoms. The van der Waals surface area contributed by atoms with Gasteiger partial charge in [0.05, 0.1) is 32.2 Å². The maximum absolute atomic E-state index is 13.6. The van der Waals surface area contributed by atoms with Crippen LogP contribution in [0.1, 0.15) is 43.5 Å². The van der Waals surface area contributed by atoms with E-state index in [2.05, 4.69) is 10.6 Å². The van der Waals surface area contributed by atoms with Crippen molar-refractivity contribution in [3.05, 3.63) is 29.8 Å². The van der Waals surface area contributed by atoms with Crippen molar-refractivity contribution < 1.29 is 38.3 Å². The lowest BCUT2D eigenvalue weighted by atomic mass is 10.0. The molecule has 10 heteroatoms. The number of carboxylic acid groups (broad SMARTS) is 1. The zero-order chi connectivity index (χ0) is 23.9. The summed E-state index contributed by atoms with van der Waals surface area (Å²) in [5, 5.41) is 14.1. The number of aliphatic carboxylic acids is 1. The van der Waals surface area contributed by atoms with Crippen LogP contribution in [-0.2, 0) is 14.4 Å². The fraction of sp³-hybridized carbons (Fsp3) is 0.500. The number of benzene rings is 1. The van der Waals surface area contributed by atoms with Gasteiger partial charge in [-0.3, -0.25) is 14.9 Å². The van der Waals surface area contributed by atoms with Crippen molar-refractivity contribution in [2.75, 3.05) is 20.2 Å². The van der Waals surface area contributed by atoms with Crippen molar-refractivity contribution >= 4 is 30.1 Å². The number of aldehydes is 1. The van der Waals surface area contributed by atoms with Crippen LogP contribution in [0.2, 0.25) is 0 Å². The number of carbonyl (C=O) groups excluding carboxylic acids is 4. The smallest absolute Gasteiger partial charge is 0.424 e. The highest BCUT2D eigenvalue weighted by Gasteiger charge is 2.51. The van der Waals surface area contributed by atoms with E-state index in [4.69, 9.17) is 9.84 Å². The largest absolute Gasteiger partial charge is 0.496 e. The first-order chi connectivity index (χ1) is 15.2. The standard InChI is InChI=1S/C22H29N3O7/c1-14(2)19(24-20(29)16-8-4-5-9-17(16)32-3)21(30)25(10-6-7-11-25)22(31)23-15(13-26)12-18(27)28/h4-5,8-9,13-15,19H,6-7,10-12H2,1-3H3,(H2-,23,24,27,28,29,31)/p+1/t15-,19-/m0/s1. The fourth-order valence-corrected chi connectivity index (χ4v) is 3.83. The Morgan fingerprint density at radius 2 is 1.75 bits per heavy atom. The number of carbonyl (C=O) groups is 5. The molecular weight excluding hydrogens is 418 g/mol. The second-order valence-corrected chi connectivity index (χ2v) is 8.15. The number of para-hydroxylation sites is 1. The van der Waals surface area contributed by atoms with E-state index in [-0.39, 0.29) is 24.6 Å². The molecule has 1 aromatic carbocycles. The first kappa shape index (κ1) is 25.0. The molecule has 174 valence electrons. The van der Waals surface area contributed by atoms with Gasteiger partial charge >= 0.3 is 17.9 Å². The normalized spacial score (nSPS) is 16.6. The summed E-state index contributed by atoms with van der Waals surface area (Å²) in [6.07, 6.45) is 0.970. The van der Waals surface area contributed by atoms with Crippen LogP contribution >= 0.6 is 0 Å². The quantitative estimate of drug-likeness (QED) is 0.383. The molecule has 0 radical (unpaired) electrons. The lowest BCUT2D eigenvalue weighted by Gasteiger charge is -2.33. The first-order valence-corrected chi connectivity index (χ1v) is 10.5. The lowest BCUT2D eigenvalue weighted by Crippen LogP contribution is -2.66. The Kier molecular flexibility index (Phi) is 8.48. The number of hydrogen-bond acceptors (Lipinski definition) is 6. The number of hydrogen-bond donors (Lipinski definition) is 3. The molecule has 2 atom stereocenters. The van der Waals surface area contributed by atoms with Gasteiger partial charge in [0, 0.05) is 12.8 Å². The van der Waals surface area contributed by atoms with Crippen LogP contribution in [0, 0.1) is 5.92 Å². The van der Waals surface area contributed by atoms with E-state index < -0.39 is 46.8 Å². The van der Waals surface area contributed by atoms with Crippen LogP contribution in [0.3, 0.4) is 0 Å². The number of urea groups is 1. The first-order valence-electron chi connectivity index (χ1n) is 10.5. The van der Waals surface area contributed by atoms with Gasteiger partial charge in [-0.25, -0.2) is 9.59 Å². The van der Waals surface area contributed by atoms with Crippen LogP contribution in [0.5, 0.6) is 5.75 Å². The Morgan fingerprint density at radius 1 is 1.12 bits per heavy atom. The Labute approximate surface area is 186 Å². The Morgan fingerprint density at radius 3 is 2.28 bits per heavy atom. The van der Waals surface area contributed by atoms with Gasteiger partial charge in [-0.1, -0.05) is 26.0 Å². The van der Waals surface area contributed by atoms with Crippen molar-refractivity contribution in [3.63, 3.8) is 0 Å². The van der Waals surface area contributed by atoms with Gasteiger partial charge in [-0.05, 0) is 18.1 Å². The van der Waals surface area contributed by atoms with E-state index in [0.717, 1.165) is 0 Å². The van der Waals surface area contributed by atoms with Crippen molar-refractivity contribution in [3.8, 4) is 5.75 Å². The van der Waals surface area contributed by atoms with Gasteiger partial charge in [0.15, 0.2) is 0 Å². The van der Waals surface area contributed by atoms with Gasteiger partial charge < -0.3 is 20.0 Å². The van der Waals surface area contributed by atoms with E-state index in [9.17, 15) is 24.0 Å². The van der Waals surface area contributed by atoms with Crippen molar-refractivity contribution in [1.82, 2.24) is 10.6 Å². The molecule has 0 unspecified atom stereocenters.